The van der Waals surface area contributed by atoms with Crippen LogP contribution in [0, 0.1) is 0 Å². The van der Waals surface area contributed by atoms with Crippen LogP contribution in [-0.4, -0.2) is 5.75 Å². The third kappa shape index (κ3) is 2.33. The molecule has 1 aromatic carbocycles. The number of hydrogen-bond acceptors (Lipinski definition) is 3. The third-order valence-corrected chi connectivity index (χ3v) is 4.48. The van der Waals surface area contributed by atoms with Gasteiger partial charge >= 0.3 is 0 Å². The van der Waals surface area contributed by atoms with Crippen molar-refractivity contribution < 1.29 is 4.42 Å². The summed E-state index contributed by atoms with van der Waals surface area (Å²) in [6, 6.07) is 13.3. The molecule has 0 saturated heterocycles. The Bertz CT molecular complexity index is 509. The van der Waals surface area contributed by atoms with Gasteiger partial charge in [0, 0.05) is 17.5 Å². The van der Waals surface area contributed by atoms with E-state index in [9.17, 15) is 0 Å². The molecule has 1 aliphatic rings. The predicted octanol–water partition coefficient (Wildman–Crippen LogP) is 3.92. The van der Waals surface area contributed by atoms with Crippen molar-refractivity contribution in [2.24, 2.45) is 0 Å². The molecule has 0 saturated carbocycles. The maximum Gasteiger partial charge on any atom is 0.120 e. The fourth-order valence-corrected chi connectivity index (χ4v) is 3.55. The van der Waals surface area contributed by atoms with Crippen LogP contribution in [0.3, 0.4) is 0 Å². The number of benzene rings is 1. The summed E-state index contributed by atoms with van der Waals surface area (Å²) in [7, 11) is 0. The summed E-state index contributed by atoms with van der Waals surface area (Å²) in [6.07, 6.45) is 1.73. The van der Waals surface area contributed by atoms with E-state index < -0.39 is 0 Å². The lowest BCUT2D eigenvalue weighted by atomic mass is 10.0. The van der Waals surface area contributed by atoms with Crippen molar-refractivity contribution in [2.75, 3.05) is 5.75 Å². The normalized spacial score (nSPS) is 20.4. The van der Waals surface area contributed by atoms with Gasteiger partial charge in [0.25, 0.3) is 0 Å². The second kappa shape index (κ2) is 5.21. The number of nitrogens with one attached hydrogen (secondary N) is 1. The maximum absolute atomic E-state index is 5.46. The second-order valence-electron chi connectivity index (χ2n) is 4.67. The molecule has 2 unspecified atom stereocenters. The molecule has 0 spiro atoms. The fourth-order valence-electron chi connectivity index (χ4n) is 2.44. The highest BCUT2D eigenvalue weighted by atomic mass is 32.2. The number of hydrogen-bond donors (Lipinski definition) is 1. The Balaban J connectivity index is 1.78. The van der Waals surface area contributed by atoms with Crippen molar-refractivity contribution in [2.45, 2.75) is 24.8 Å². The second-order valence-corrected chi connectivity index (χ2v) is 5.70. The molecule has 0 fully saturated rings. The van der Waals surface area contributed by atoms with Gasteiger partial charge in [0.15, 0.2) is 0 Å². The van der Waals surface area contributed by atoms with Crippen LogP contribution in [0.4, 0.5) is 0 Å². The van der Waals surface area contributed by atoms with E-state index >= 15 is 0 Å². The highest BCUT2D eigenvalue weighted by Crippen LogP contribution is 2.33. The van der Waals surface area contributed by atoms with Crippen LogP contribution < -0.4 is 5.32 Å². The minimum absolute atomic E-state index is 0.247. The van der Waals surface area contributed by atoms with Gasteiger partial charge in [0.2, 0.25) is 0 Å². The third-order valence-electron chi connectivity index (χ3n) is 3.39. The zero-order chi connectivity index (χ0) is 12.4. The van der Waals surface area contributed by atoms with Gasteiger partial charge in [-0.15, -0.1) is 0 Å². The summed E-state index contributed by atoms with van der Waals surface area (Å²) in [5.74, 6) is 3.26. The zero-order valence-corrected chi connectivity index (χ0v) is 11.2. The molecule has 2 atom stereocenters. The Hall–Kier alpha value is -1.19. The van der Waals surface area contributed by atoms with Gasteiger partial charge in [-0.2, -0.15) is 11.8 Å². The summed E-state index contributed by atoms with van der Waals surface area (Å²) in [4.78, 5) is 0. The summed E-state index contributed by atoms with van der Waals surface area (Å²) in [5.41, 5.74) is 2.90. The summed E-state index contributed by atoms with van der Waals surface area (Å²) in [5, 5.41) is 3.66. The monoisotopic (exact) mass is 259 g/mol. The number of furan rings is 1. The van der Waals surface area contributed by atoms with Gasteiger partial charge in [0.05, 0.1) is 12.3 Å². The average molecular weight is 259 g/mol. The van der Waals surface area contributed by atoms with Crippen LogP contribution in [0.15, 0.2) is 47.1 Å². The first kappa shape index (κ1) is 11.9. The van der Waals surface area contributed by atoms with Gasteiger partial charge in [0.1, 0.15) is 5.76 Å². The van der Waals surface area contributed by atoms with Gasteiger partial charge in [-0.25, -0.2) is 0 Å². The smallest absolute Gasteiger partial charge is 0.120 e. The Morgan fingerprint density at radius 3 is 3.00 bits per heavy atom. The van der Waals surface area contributed by atoms with Gasteiger partial charge in [-0.1, -0.05) is 24.3 Å². The van der Waals surface area contributed by atoms with Gasteiger partial charge in [-0.05, 0) is 30.2 Å². The highest BCUT2D eigenvalue weighted by Gasteiger charge is 2.22. The first-order valence-corrected chi connectivity index (χ1v) is 7.45. The van der Waals surface area contributed by atoms with E-state index in [4.69, 9.17) is 4.42 Å². The Morgan fingerprint density at radius 1 is 1.28 bits per heavy atom. The molecule has 2 heterocycles. The van der Waals surface area contributed by atoms with Crippen LogP contribution in [-0.2, 0) is 5.75 Å². The molecule has 2 aromatic rings. The summed E-state index contributed by atoms with van der Waals surface area (Å²) in [6.45, 7) is 2.15. The van der Waals surface area contributed by atoms with E-state index in [1.54, 1.807) is 6.26 Å². The Morgan fingerprint density at radius 2 is 2.17 bits per heavy atom. The highest BCUT2D eigenvalue weighted by molar-refractivity contribution is 7.98. The van der Waals surface area contributed by atoms with E-state index in [0.717, 1.165) is 17.3 Å². The minimum Gasteiger partial charge on any atom is -0.468 e. The van der Waals surface area contributed by atoms with E-state index in [2.05, 4.69) is 36.5 Å². The minimum atomic E-state index is 0.247. The molecule has 3 rings (SSSR count). The van der Waals surface area contributed by atoms with Crippen LogP contribution >= 0.6 is 11.8 Å². The maximum atomic E-state index is 5.46. The summed E-state index contributed by atoms with van der Waals surface area (Å²) >= 11 is 1.99. The van der Waals surface area contributed by atoms with Crippen LogP contribution in [0.1, 0.15) is 35.9 Å². The Labute approximate surface area is 112 Å². The topological polar surface area (TPSA) is 25.2 Å². The first-order valence-electron chi connectivity index (χ1n) is 6.29. The lowest BCUT2D eigenvalue weighted by Gasteiger charge is -2.28. The molecule has 0 radical (unpaired) electrons. The predicted molar refractivity (Wildman–Crippen MR) is 75.6 cm³/mol. The molecule has 0 aliphatic carbocycles. The van der Waals surface area contributed by atoms with E-state index in [1.165, 1.54) is 11.1 Å². The molecule has 2 nitrogen and oxygen atoms in total. The number of rotatable bonds is 3. The first-order chi connectivity index (χ1) is 8.84. The van der Waals surface area contributed by atoms with Crippen molar-refractivity contribution in [1.29, 1.82) is 0 Å². The fraction of sp³-hybridized carbons (Fsp3) is 0.333. The largest absolute Gasteiger partial charge is 0.468 e. The number of thioether (sulfide) groups is 1. The van der Waals surface area contributed by atoms with E-state index in [-0.39, 0.29) is 6.04 Å². The molecule has 3 heteroatoms. The molecule has 1 N–H and O–H groups in total. The quantitative estimate of drug-likeness (QED) is 0.904. The van der Waals surface area contributed by atoms with E-state index in [1.807, 2.05) is 23.9 Å². The molecule has 18 heavy (non-hydrogen) atoms. The SMILES string of the molecule is CC(NC1CSCc2ccccc21)c1ccco1. The molecule has 0 amide bonds. The molecule has 1 aliphatic heterocycles. The molecular formula is C15H17NOS. The molecular weight excluding hydrogens is 242 g/mol. The van der Waals surface area contributed by atoms with Crippen LogP contribution in [0.2, 0.25) is 0 Å². The van der Waals surface area contributed by atoms with Crippen LogP contribution in [0.5, 0.6) is 0 Å². The Kier molecular flexibility index (Phi) is 3.43. The molecule has 94 valence electrons. The van der Waals surface area contributed by atoms with Crippen molar-refractivity contribution in [3.05, 3.63) is 59.5 Å². The molecule has 0 bridgehead atoms. The van der Waals surface area contributed by atoms with Gasteiger partial charge in [-0.3, -0.25) is 5.32 Å². The summed E-state index contributed by atoms with van der Waals surface area (Å²) < 4.78 is 5.46. The lowest BCUT2D eigenvalue weighted by Crippen LogP contribution is -2.28. The number of fused-ring (bicyclic) bond motifs is 1. The lowest BCUT2D eigenvalue weighted by molar-refractivity contribution is 0.403. The van der Waals surface area contributed by atoms with Crippen molar-refractivity contribution in [3.8, 4) is 0 Å². The van der Waals surface area contributed by atoms with Crippen molar-refractivity contribution in [1.82, 2.24) is 5.32 Å². The van der Waals surface area contributed by atoms with E-state index in [0.29, 0.717) is 6.04 Å². The average Bonchev–Trinajstić information content (AvgIpc) is 2.93. The van der Waals surface area contributed by atoms with Crippen LogP contribution in [0.25, 0.3) is 0 Å². The standard InChI is InChI=1S/C15H17NOS/c1-11(15-7-4-8-17-15)16-14-10-18-9-12-5-2-3-6-13(12)14/h2-8,11,14,16H,9-10H2,1H3. The van der Waals surface area contributed by atoms with Crippen molar-refractivity contribution in [3.63, 3.8) is 0 Å². The van der Waals surface area contributed by atoms with Gasteiger partial charge < -0.3 is 4.42 Å². The van der Waals surface area contributed by atoms with Crippen molar-refractivity contribution >= 4 is 11.8 Å². The molecule has 1 aromatic heterocycles. The zero-order valence-electron chi connectivity index (χ0n) is 10.4.